The molecule has 3 rings (SSSR count). The number of benzene rings is 2. The molecule has 29 heavy (non-hydrogen) atoms. The smallest absolute Gasteiger partial charge is 0.175 e. The Labute approximate surface area is 176 Å². The number of nitrogens with zero attached hydrogens (tertiary/aromatic N) is 2. The lowest BCUT2D eigenvalue weighted by molar-refractivity contribution is 0.342. The van der Waals surface area contributed by atoms with E-state index in [0.717, 1.165) is 39.8 Å². The van der Waals surface area contributed by atoms with Gasteiger partial charge >= 0.3 is 0 Å². The minimum Gasteiger partial charge on any atom is -0.497 e. The first-order valence-corrected chi connectivity index (χ1v) is 9.89. The zero-order chi connectivity index (χ0) is 20.8. The molecule has 0 saturated heterocycles. The molecule has 0 aliphatic rings. The summed E-state index contributed by atoms with van der Waals surface area (Å²) >= 11 is 5.52. The lowest BCUT2D eigenvalue weighted by Gasteiger charge is -2.14. The first-order valence-electron chi connectivity index (χ1n) is 9.48. The number of aromatic nitrogens is 2. The molecule has 152 valence electrons. The molecule has 0 aliphatic heterocycles. The average molecular weight is 411 g/mol. The van der Waals surface area contributed by atoms with Gasteiger partial charge in [-0.05, 0) is 62.8 Å². The van der Waals surface area contributed by atoms with Crippen molar-refractivity contribution >= 4 is 28.7 Å². The van der Waals surface area contributed by atoms with Crippen LogP contribution >= 0.6 is 12.2 Å². The first kappa shape index (κ1) is 20.7. The zero-order valence-electron chi connectivity index (χ0n) is 17.2. The highest BCUT2D eigenvalue weighted by molar-refractivity contribution is 7.80. The molecule has 0 unspecified atom stereocenters. The van der Waals surface area contributed by atoms with Crippen LogP contribution in [0.1, 0.15) is 23.9 Å². The summed E-state index contributed by atoms with van der Waals surface area (Å²) in [6.07, 6.45) is 0. The van der Waals surface area contributed by atoms with Crippen LogP contribution in [-0.2, 0) is 6.54 Å². The Bertz CT molecular complexity index is 1000. The maximum atomic E-state index is 5.65. The highest BCUT2D eigenvalue weighted by Gasteiger charge is 2.14. The molecule has 7 heteroatoms. The van der Waals surface area contributed by atoms with Crippen LogP contribution in [0.5, 0.6) is 11.5 Å². The number of thiocarbonyl (C=S) groups is 1. The van der Waals surface area contributed by atoms with Crippen molar-refractivity contribution in [2.45, 2.75) is 27.3 Å². The summed E-state index contributed by atoms with van der Waals surface area (Å²) in [4.78, 5) is 0. The molecule has 0 aliphatic carbocycles. The van der Waals surface area contributed by atoms with Gasteiger partial charge in [-0.25, -0.2) is 0 Å². The van der Waals surface area contributed by atoms with Crippen LogP contribution in [-0.4, -0.2) is 28.6 Å². The summed E-state index contributed by atoms with van der Waals surface area (Å²) in [5.74, 6) is 1.60. The fourth-order valence-electron chi connectivity index (χ4n) is 3.09. The molecule has 0 amide bonds. The molecule has 1 heterocycles. The van der Waals surface area contributed by atoms with Gasteiger partial charge in [0.15, 0.2) is 5.11 Å². The summed E-state index contributed by atoms with van der Waals surface area (Å²) in [5.41, 5.74) is 4.73. The Balaban J connectivity index is 1.74. The van der Waals surface area contributed by atoms with Crippen LogP contribution in [0.3, 0.4) is 0 Å². The molecule has 0 bridgehead atoms. The van der Waals surface area contributed by atoms with E-state index < -0.39 is 0 Å². The SMILES string of the molecule is CCOc1ccccc1NC(=S)Nc1c(C)nn(Cc2cccc(OC)c2)c1C. The molecule has 2 aromatic carbocycles. The highest BCUT2D eigenvalue weighted by Crippen LogP contribution is 2.25. The second-order valence-corrected chi connectivity index (χ2v) is 6.97. The van der Waals surface area contributed by atoms with Gasteiger partial charge in [-0.2, -0.15) is 5.10 Å². The largest absolute Gasteiger partial charge is 0.497 e. The summed E-state index contributed by atoms with van der Waals surface area (Å²) in [6, 6.07) is 15.7. The maximum absolute atomic E-state index is 5.65. The van der Waals surface area contributed by atoms with Crippen molar-refractivity contribution in [3.05, 3.63) is 65.5 Å². The second-order valence-electron chi connectivity index (χ2n) is 6.56. The number of methoxy groups -OCH3 is 1. The van der Waals surface area contributed by atoms with Crippen LogP contribution in [0.2, 0.25) is 0 Å². The van der Waals surface area contributed by atoms with Crippen molar-refractivity contribution in [2.24, 2.45) is 0 Å². The maximum Gasteiger partial charge on any atom is 0.175 e. The molecule has 0 radical (unpaired) electrons. The van der Waals surface area contributed by atoms with Crippen LogP contribution < -0.4 is 20.1 Å². The molecular weight excluding hydrogens is 384 g/mol. The Kier molecular flexibility index (Phi) is 6.72. The third-order valence-electron chi connectivity index (χ3n) is 4.52. The quantitative estimate of drug-likeness (QED) is 0.548. The third-order valence-corrected chi connectivity index (χ3v) is 4.73. The molecule has 1 aromatic heterocycles. The Morgan fingerprint density at radius 3 is 2.66 bits per heavy atom. The number of ether oxygens (including phenoxy) is 2. The van der Waals surface area contributed by atoms with Crippen molar-refractivity contribution in [1.29, 1.82) is 0 Å². The average Bonchev–Trinajstić information content (AvgIpc) is 2.97. The van der Waals surface area contributed by atoms with Crippen molar-refractivity contribution in [3.8, 4) is 11.5 Å². The number of anilines is 2. The van der Waals surface area contributed by atoms with Gasteiger partial charge in [0.1, 0.15) is 11.5 Å². The molecule has 0 atom stereocenters. The summed E-state index contributed by atoms with van der Waals surface area (Å²) in [6.45, 7) is 7.19. The fraction of sp³-hybridized carbons (Fsp3) is 0.273. The molecule has 2 N–H and O–H groups in total. The van der Waals surface area contributed by atoms with Gasteiger partial charge in [0.05, 0.1) is 43.0 Å². The van der Waals surface area contributed by atoms with Gasteiger partial charge in [0, 0.05) is 0 Å². The molecule has 6 nitrogen and oxygen atoms in total. The third kappa shape index (κ3) is 5.06. The topological polar surface area (TPSA) is 60.3 Å². The van der Waals surface area contributed by atoms with E-state index >= 15 is 0 Å². The van der Waals surface area contributed by atoms with E-state index in [4.69, 9.17) is 21.7 Å². The molecular formula is C22H26N4O2S. The van der Waals surface area contributed by atoms with E-state index in [1.54, 1.807) is 7.11 Å². The van der Waals surface area contributed by atoms with Crippen molar-refractivity contribution in [2.75, 3.05) is 24.4 Å². The van der Waals surface area contributed by atoms with Crippen LogP contribution in [0.4, 0.5) is 11.4 Å². The van der Waals surface area contributed by atoms with Crippen molar-refractivity contribution in [3.63, 3.8) is 0 Å². The minimum atomic E-state index is 0.490. The Hall–Kier alpha value is -3.06. The van der Waals surface area contributed by atoms with Gasteiger partial charge in [-0.15, -0.1) is 0 Å². The van der Waals surface area contributed by atoms with Crippen molar-refractivity contribution < 1.29 is 9.47 Å². The minimum absolute atomic E-state index is 0.490. The number of nitrogens with one attached hydrogen (secondary N) is 2. The van der Waals surface area contributed by atoms with E-state index in [1.807, 2.05) is 67.9 Å². The van der Waals surface area contributed by atoms with Crippen LogP contribution in [0, 0.1) is 13.8 Å². The summed E-state index contributed by atoms with van der Waals surface area (Å²) in [5, 5.41) is 11.7. The van der Waals surface area contributed by atoms with Gasteiger partial charge in [0.2, 0.25) is 0 Å². The molecule has 0 saturated carbocycles. The lowest BCUT2D eigenvalue weighted by Crippen LogP contribution is -2.20. The number of aryl methyl sites for hydroxylation is 1. The first-order chi connectivity index (χ1) is 14.0. The van der Waals surface area contributed by atoms with E-state index in [-0.39, 0.29) is 0 Å². The van der Waals surface area contributed by atoms with E-state index in [9.17, 15) is 0 Å². The van der Waals surface area contributed by atoms with Gasteiger partial charge < -0.3 is 20.1 Å². The van der Waals surface area contributed by atoms with Crippen LogP contribution in [0.25, 0.3) is 0 Å². The van der Waals surface area contributed by atoms with Crippen molar-refractivity contribution in [1.82, 2.24) is 9.78 Å². The lowest BCUT2D eigenvalue weighted by atomic mass is 10.2. The Morgan fingerprint density at radius 1 is 1.10 bits per heavy atom. The zero-order valence-corrected chi connectivity index (χ0v) is 18.0. The number of para-hydroxylation sites is 2. The highest BCUT2D eigenvalue weighted by atomic mass is 32.1. The predicted molar refractivity (Wildman–Crippen MR) is 121 cm³/mol. The van der Waals surface area contributed by atoms with Crippen LogP contribution in [0.15, 0.2) is 48.5 Å². The van der Waals surface area contributed by atoms with Gasteiger partial charge in [-0.1, -0.05) is 24.3 Å². The van der Waals surface area contributed by atoms with E-state index in [1.165, 1.54) is 0 Å². The van der Waals surface area contributed by atoms with E-state index in [0.29, 0.717) is 18.3 Å². The van der Waals surface area contributed by atoms with Gasteiger partial charge in [-0.3, -0.25) is 4.68 Å². The molecule has 0 fully saturated rings. The standard InChI is InChI=1S/C22H26N4O2S/c1-5-28-20-12-7-6-11-19(20)23-22(29)24-21-15(2)25-26(16(21)3)14-17-9-8-10-18(13-17)27-4/h6-13H,5,14H2,1-4H3,(H2,23,24,29). The van der Waals surface area contributed by atoms with E-state index in [2.05, 4.69) is 21.8 Å². The Morgan fingerprint density at radius 2 is 1.90 bits per heavy atom. The number of hydrogen-bond acceptors (Lipinski definition) is 4. The summed E-state index contributed by atoms with van der Waals surface area (Å²) in [7, 11) is 1.67. The second kappa shape index (κ2) is 9.43. The monoisotopic (exact) mass is 410 g/mol. The number of rotatable bonds is 7. The normalized spacial score (nSPS) is 10.5. The fourth-order valence-corrected chi connectivity index (χ4v) is 3.31. The van der Waals surface area contributed by atoms with Gasteiger partial charge in [0.25, 0.3) is 0 Å². The number of hydrogen-bond donors (Lipinski definition) is 2. The molecule has 0 spiro atoms. The summed E-state index contributed by atoms with van der Waals surface area (Å²) < 4.78 is 12.9. The molecule has 3 aromatic rings. The predicted octanol–water partition coefficient (Wildman–Crippen LogP) is 4.76.